The lowest BCUT2D eigenvalue weighted by atomic mass is 9.67. The summed E-state index contributed by atoms with van der Waals surface area (Å²) in [7, 11) is 13.5. The van der Waals surface area contributed by atoms with Gasteiger partial charge in [-0.25, -0.2) is 0 Å². The number of nitrogens with one attached hydrogen (secondary N) is 1. The standard InChI is InChI=1S/C29H54N4O14/c1-14-17(31-18-22(40-6)19(38-4)15(11-34)29(35,13-37-3)26(18)32-33-30)21(39-5)24(42-8)28(45-14)47-20-16(12-36-2)46-27(44-10)25(43-9)23(20)41-7/h14-28,31,34-35H,11-13H2,1-10H3/t14?,15-,16?,17+,18+,19-,20+,21-,22?,23-,24?,25?,26?,27-,28+,29?/m1/s1. The summed E-state index contributed by atoms with van der Waals surface area (Å²) in [4.78, 5) is 3.03. The lowest BCUT2D eigenvalue weighted by Gasteiger charge is -2.55. The summed E-state index contributed by atoms with van der Waals surface area (Å²) >= 11 is 0. The molecule has 2 heterocycles. The van der Waals surface area contributed by atoms with Crippen LogP contribution in [0.25, 0.3) is 10.4 Å². The Morgan fingerprint density at radius 1 is 0.723 bits per heavy atom. The maximum atomic E-state index is 12.0. The van der Waals surface area contributed by atoms with E-state index in [4.69, 9.17) is 56.8 Å². The fraction of sp³-hybridized carbons (Fsp3) is 1.00. The van der Waals surface area contributed by atoms with Gasteiger partial charge in [-0.05, 0) is 12.5 Å². The summed E-state index contributed by atoms with van der Waals surface area (Å²) in [5, 5.41) is 29.8. The van der Waals surface area contributed by atoms with Crippen molar-refractivity contribution in [2.75, 3.05) is 83.8 Å². The van der Waals surface area contributed by atoms with Gasteiger partial charge < -0.3 is 72.4 Å². The van der Waals surface area contributed by atoms with E-state index in [2.05, 4.69) is 15.3 Å². The van der Waals surface area contributed by atoms with Crippen molar-refractivity contribution in [3.8, 4) is 0 Å². The average molecular weight is 683 g/mol. The number of rotatable bonds is 17. The maximum Gasteiger partial charge on any atom is 0.187 e. The first kappa shape index (κ1) is 40.1. The molecule has 16 atom stereocenters. The molecule has 7 unspecified atom stereocenters. The molecule has 0 amide bonds. The zero-order valence-corrected chi connectivity index (χ0v) is 28.9. The molecule has 0 aromatic heterocycles. The number of ether oxygens (including phenoxy) is 12. The minimum Gasteiger partial charge on any atom is -0.396 e. The predicted octanol–water partition coefficient (Wildman–Crippen LogP) is -0.771. The van der Waals surface area contributed by atoms with Gasteiger partial charge in [-0.3, -0.25) is 0 Å². The van der Waals surface area contributed by atoms with Crippen molar-refractivity contribution in [2.24, 2.45) is 11.0 Å². The van der Waals surface area contributed by atoms with Crippen molar-refractivity contribution >= 4 is 0 Å². The summed E-state index contributed by atoms with van der Waals surface area (Å²) in [5.74, 6) is -0.908. The molecule has 1 aliphatic carbocycles. The number of hydrogen-bond acceptors (Lipinski definition) is 16. The monoisotopic (exact) mass is 682 g/mol. The molecule has 0 spiro atoms. The lowest BCUT2D eigenvalue weighted by Crippen LogP contribution is -2.76. The fourth-order valence-electron chi connectivity index (χ4n) is 7.40. The highest BCUT2D eigenvalue weighted by molar-refractivity contribution is 5.15. The third kappa shape index (κ3) is 8.04. The van der Waals surface area contributed by atoms with Gasteiger partial charge in [-0.2, -0.15) is 0 Å². The molecule has 0 aromatic rings. The first-order valence-corrected chi connectivity index (χ1v) is 15.4. The summed E-state index contributed by atoms with van der Waals surface area (Å²) in [5.41, 5.74) is 7.75. The summed E-state index contributed by atoms with van der Waals surface area (Å²) in [6.07, 6.45) is -8.06. The molecule has 2 aliphatic heterocycles. The van der Waals surface area contributed by atoms with Crippen LogP contribution in [-0.2, 0) is 56.8 Å². The van der Waals surface area contributed by atoms with Crippen molar-refractivity contribution in [1.82, 2.24) is 5.32 Å². The van der Waals surface area contributed by atoms with E-state index in [1.807, 2.05) is 6.92 Å². The summed E-state index contributed by atoms with van der Waals surface area (Å²) < 4.78 is 70.6. The molecular weight excluding hydrogens is 628 g/mol. The Morgan fingerprint density at radius 3 is 1.79 bits per heavy atom. The van der Waals surface area contributed by atoms with Crippen molar-refractivity contribution in [3.05, 3.63) is 10.4 Å². The number of methoxy groups -OCH3 is 9. The van der Waals surface area contributed by atoms with E-state index in [1.54, 1.807) is 14.2 Å². The van der Waals surface area contributed by atoms with Gasteiger partial charge in [0, 0.05) is 80.9 Å². The molecule has 0 bridgehead atoms. The Morgan fingerprint density at radius 2 is 1.30 bits per heavy atom. The third-order valence-corrected chi connectivity index (χ3v) is 9.58. The second kappa shape index (κ2) is 18.6. The molecular formula is C29H54N4O14. The zero-order valence-electron chi connectivity index (χ0n) is 28.9. The Balaban J connectivity index is 1.98. The van der Waals surface area contributed by atoms with Gasteiger partial charge >= 0.3 is 0 Å². The molecule has 18 heteroatoms. The predicted molar refractivity (Wildman–Crippen MR) is 163 cm³/mol. The van der Waals surface area contributed by atoms with E-state index < -0.39 is 104 Å². The van der Waals surface area contributed by atoms with Crippen LogP contribution < -0.4 is 5.32 Å². The smallest absolute Gasteiger partial charge is 0.187 e. The molecule has 3 fully saturated rings. The normalized spacial score (nSPS) is 44.2. The zero-order chi connectivity index (χ0) is 34.9. The molecule has 18 nitrogen and oxygen atoms in total. The highest BCUT2D eigenvalue weighted by Crippen LogP contribution is 2.41. The highest BCUT2D eigenvalue weighted by atomic mass is 16.8. The fourth-order valence-corrected chi connectivity index (χ4v) is 7.40. The molecule has 1 saturated carbocycles. The van der Waals surface area contributed by atoms with Crippen LogP contribution in [0.5, 0.6) is 0 Å². The van der Waals surface area contributed by atoms with Crippen LogP contribution >= 0.6 is 0 Å². The molecule has 47 heavy (non-hydrogen) atoms. The number of aliphatic hydroxyl groups is 2. The Labute approximate surface area is 276 Å². The minimum absolute atomic E-state index is 0.166. The molecule has 3 N–H and O–H groups in total. The van der Waals surface area contributed by atoms with Crippen LogP contribution in [0.1, 0.15) is 6.92 Å². The van der Waals surface area contributed by atoms with Gasteiger partial charge in [0.15, 0.2) is 12.6 Å². The first-order chi connectivity index (χ1) is 22.6. The SMILES string of the molecule is COCC1O[C@@H](OC)C(OC)[C@H](OC)[C@H]1O[C@@H]1OC(C)[C@H](N[C@H]2C(OC)[C@H](OC)[C@@H](CO)C(O)(COC)C2N=[N+]=[N-])[C@@H](OC)C1OC. The van der Waals surface area contributed by atoms with Crippen LogP contribution in [0.15, 0.2) is 5.11 Å². The van der Waals surface area contributed by atoms with Crippen LogP contribution in [0.3, 0.4) is 0 Å². The van der Waals surface area contributed by atoms with E-state index in [1.165, 1.54) is 49.8 Å². The number of azide groups is 1. The molecule has 2 saturated heterocycles. The number of aliphatic hydroxyl groups excluding tert-OH is 1. The topological polar surface area (TPSA) is 212 Å². The molecule has 3 rings (SSSR count). The second-order valence-electron chi connectivity index (χ2n) is 11.8. The van der Waals surface area contributed by atoms with E-state index in [0.29, 0.717) is 0 Å². The van der Waals surface area contributed by atoms with Gasteiger partial charge in [0.05, 0.1) is 50.2 Å². The van der Waals surface area contributed by atoms with Crippen molar-refractivity contribution in [1.29, 1.82) is 0 Å². The molecule has 0 radical (unpaired) electrons. The van der Waals surface area contributed by atoms with E-state index in [0.717, 1.165) is 0 Å². The highest BCUT2D eigenvalue weighted by Gasteiger charge is 2.61. The molecule has 274 valence electrons. The van der Waals surface area contributed by atoms with Gasteiger partial charge in [0.25, 0.3) is 0 Å². The maximum absolute atomic E-state index is 12.0. The quantitative estimate of drug-likeness (QED) is 0.0977. The number of nitrogens with zero attached hydrogens (tertiary/aromatic N) is 3. The minimum atomic E-state index is -1.83. The van der Waals surface area contributed by atoms with Gasteiger partial charge in [0.2, 0.25) is 0 Å². The van der Waals surface area contributed by atoms with Gasteiger partial charge in [0.1, 0.15) is 42.2 Å². The van der Waals surface area contributed by atoms with E-state index >= 15 is 0 Å². The van der Waals surface area contributed by atoms with Crippen LogP contribution in [0.4, 0.5) is 0 Å². The molecule has 0 aromatic carbocycles. The largest absolute Gasteiger partial charge is 0.396 e. The average Bonchev–Trinajstić information content (AvgIpc) is 3.07. The van der Waals surface area contributed by atoms with Crippen LogP contribution in [0.2, 0.25) is 0 Å². The summed E-state index contributed by atoms with van der Waals surface area (Å²) in [6, 6.07) is -2.66. The van der Waals surface area contributed by atoms with Gasteiger partial charge in [-0.15, -0.1) is 0 Å². The van der Waals surface area contributed by atoms with Crippen LogP contribution in [0, 0.1) is 5.92 Å². The first-order valence-electron chi connectivity index (χ1n) is 15.4. The van der Waals surface area contributed by atoms with Crippen molar-refractivity contribution in [3.63, 3.8) is 0 Å². The Kier molecular flexibility index (Phi) is 15.9. The second-order valence-corrected chi connectivity index (χ2v) is 11.8. The Bertz CT molecular complexity index is 983. The van der Waals surface area contributed by atoms with Crippen molar-refractivity contribution in [2.45, 2.75) is 98.2 Å². The van der Waals surface area contributed by atoms with Crippen LogP contribution in [-0.4, -0.2) is 185 Å². The lowest BCUT2D eigenvalue weighted by molar-refractivity contribution is -0.355. The third-order valence-electron chi connectivity index (χ3n) is 9.58. The number of hydrogen-bond donors (Lipinski definition) is 3. The van der Waals surface area contributed by atoms with E-state index in [9.17, 15) is 15.7 Å². The molecule has 3 aliphatic rings. The van der Waals surface area contributed by atoms with E-state index in [-0.39, 0.29) is 13.2 Å². The Hall–Kier alpha value is -1.29. The van der Waals surface area contributed by atoms with Crippen molar-refractivity contribution < 1.29 is 67.1 Å². The summed E-state index contributed by atoms with van der Waals surface area (Å²) in [6.45, 7) is 1.25. The van der Waals surface area contributed by atoms with Gasteiger partial charge in [-0.1, -0.05) is 5.11 Å².